The molecule has 0 atom stereocenters. The topological polar surface area (TPSA) is 80.0 Å². The van der Waals surface area contributed by atoms with Gasteiger partial charge in [0.15, 0.2) is 11.7 Å². The largest absolute Gasteiger partial charge is 0.466 e. The van der Waals surface area contributed by atoms with Crippen molar-refractivity contribution in [2.24, 2.45) is 10.9 Å². The van der Waals surface area contributed by atoms with Gasteiger partial charge in [-0.1, -0.05) is 19.0 Å². The summed E-state index contributed by atoms with van der Waals surface area (Å²) in [7, 11) is 1.77. The number of rotatable bonds is 7. The molecule has 0 bridgehead atoms. The van der Waals surface area contributed by atoms with Crippen LogP contribution < -0.4 is 5.32 Å². The number of piperidine rings is 1. The lowest BCUT2D eigenvalue weighted by molar-refractivity contribution is -0.149. The Morgan fingerprint density at radius 1 is 1.38 bits per heavy atom. The molecular weight excluding hydrogens is 332 g/mol. The van der Waals surface area contributed by atoms with Gasteiger partial charge in [-0.25, -0.2) is 0 Å². The molecule has 0 spiro atoms. The van der Waals surface area contributed by atoms with Gasteiger partial charge in [-0.3, -0.25) is 9.79 Å². The van der Waals surface area contributed by atoms with Gasteiger partial charge in [-0.05, 0) is 32.6 Å². The van der Waals surface area contributed by atoms with Crippen LogP contribution in [0.1, 0.15) is 63.8 Å². The lowest BCUT2D eigenvalue weighted by Crippen LogP contribution is -2.46. The molecule has 7 heteroatoms. The fourth-order valence-electron chi connectivity index (χ4n) is 3.40. The molecule has 0 unspecified atom stereocenters. The zero-order chi connectivity index (χ0) is 18.9. The predicted molar refractivity (Wildman–Crippen MR) is 101 cm³/mol. The fourth-order valence-corrected chi connectivity index (χ4v) is 3.40. The van der Waals surface area contributed by atoms with E-state index in [9.17, 15) is 4.79 Å². The quantitative estimate of drug-likeness (QED) is 0.455. The first-order valence-electron chi connectivity index (χ1n) is 9.70. The smallest absolute Gasteiger partial charge is 0.309 e. The third-order valence-electron chi connectivity index (χ3n) is 5.03. The van der Waals surface area contributed by atoms with Crippen molar-refractivity contribution in [2.45, 2.75) is 58.9 Å². The van der Waals surface area contributed by atoms with E-state index in [1.807, 2.05) is 13.0 Å². The highest BCUT2D eigenvalue weighted by Gasteiger charge is 2.27. The highest BCUT2D eigenvalue weighted by Crippen LogP contribution is 2.22. The third-order valence-corrected chi connectivity index (χ3v) is 5.03. The summed E-state index contributed by atoms with van der Waals surface area (Å²) in [5, 5.41) is 7.54. The number of hydrogen-bond donors (Lipinski definition) is 1. The highest BCUT2D eigenvalue weighted by molar-refractivity contribution is 5.80. The van der Waals surface area contributed by atoms with Gasteiger partial charge in [0, 0.05) is 32.1 Å². The molecule has 0 amide bonds. The van der Waals surface area contributed by atoms with Crippen LogP contribution in [0.3, 0.4) is 0 Å². The molecule has 1 aromatic rings. The van der Waals surface area contributed by atoms with Crippen LogP contribution >= 0.6 is 0 Å². The van der Waals surface area contributed by atoms with Crippen LogP contribution in [0.25, 0.3) is 0 Å². The van der Waals surface area contributed by atoms with E-state index in [4.69, 9.17) is 9.26 Å². The summed E-state index contributed by atoms with van der Waals surface area (Å²) in [6.45, 7) is 8.76. The number of carbonyl (C=O) groups excluding carboxylic acids is 1. The van der Waals surface area contributed by atoms with Crippen LogP contribution in [-0.2, 0) is 16.1 Å². The molecule has 1 N–H and O–H groups in total. The van der Waals surface area contributed by atoms with Crippen molar-refractivity contribution in [2.75, 3.05) is 26.7 Å². The maximum atomic E-state index is 11.9. The minimum absolute atomic E-state index is 0.00107. The van der Waals surface area contributed by atoms with E-state index in [0.717, 1.165) is 56.2 Å². The van der Waals surface area contributed by atoms with Crippen molar-refractivity contribution >= 4 is 11.9 Å². The number of aliphatic imine (C=N–C) groups is 1. The Bertz CT molecular complexity index is 587. The maximum absolute atomic E-state index is 11.9. The molecule has 0 aromatic carbocycles. The second kappa shape index (κ2) is 10.2. The molecule has 2 heterocycles. The summed E-state index contributed by atoms with van der Waals surface area (Å²) in [5.74, 6) is 2.02. The average molecular weight is 364 g/mol. The Morgan fingerprint density at radius 2 is 2.08 bits per heavy atom. The molecule has 0 saturated carbocycles. The first kappa shape index (κ1) is 20.3. The molecular formula is C19H32N4O3. The third kappa shape index (κ3) is 5.22. The molecule has 7 nitrogen and oxygen atoms in total. The number of aromatic nitrogens is 1. The van der Waals surface area contributed by atoms with Crippen molar-refractivity contribution < 1.29 is 14.1 Å². The molecule has 1 fully saturated rings. The van der Waals surface area contributed by atoms with Crippen LogP contribution in [-0.4, -0.2) is 48.7 Å². The van der Waals surface area contributed by atoms with Gasteiger partial charge in [0.05, 0.1) is 24.8 Å². The maximum Gasteiger partial charge on any atom is 0.309 e. The van der Waals surface area contributed by atoms with Gasteiger partial charge in [0.2, 0.25) is 0 Å². The Labute approximate surface area is 156 Å². The number of carbonyl (C=O) groups is 1. The van der Waals surface area contributed by atoms with Gasteiger partial charge in [0.1, 0.15) is 0 Å². The predicted octanol–water partition coefficient (Wildman–Crippen LogP) is 2.93. The van der Waals surface area contributed by atoms with Crippen molar-refractivity contribution in [3.63, 3.8) is 0 Å². The lowest BCUT2D eigenvalue weighted by Gasteiger charge is -2.33. The molecule has 0 radical (unpaired) electrons. The molecule has 2 rings (SSSR count). The Kier molecular flexibility index (Phi) is 7.94. The molecule has 1 saturated heterocycles. The van der Waals surface area contributed by atoms with Crippen molar-refractivity contribution in [3.8, 4) is 0 Å². The SMILES string of the molecule is CCOC(=O)C1CCN(C(=NC)NCc2cc(C(CC)CC)no2)CC1. The summed E-state index contributed by atoms with van der Waals surface area (Å²) in [4.78, 5) is 18.4. The van der Waals surface area contributed by atoms with Crippen LogP contribution in [0, 0.1) is 5.92 Å². The monoisotopic (exact) mass is 364 g/mol. The summed E-state index contributed by atoms with van der Waals surface area (Å²) >= 11 is 0. The van der Waals surface area contributed by atoms with E-state index >= 15 is 0 Å². The number of nitrogens with one attached hydrogen (secondary N) is 1. The first-order valence-corrected chi connectivity index (χ1v) is 9.70. The molecule has 1 aliphatic heterocycles. The zero-order valence-electron chi connectivity index (χ0n) is 16.5. The summed E-state index contributed by atoms with van der Waals surface area (Å²) in [6, 6.07) is 2.03. The second-order valence-electron chi connectivity index (χ2n) is 6.65. The minimum atomic E-state index is -0.0781. The van der Waals surface area contributed by atoms with Gasteiger partial charge < -0.3 is 19.5 Å². The van der Waals surface area contributed by atoms with Crippen molar-refractivity contribution in [1.82, 2.24) is 15.4 Å². The minimum Gasteiger partial charge on any atom is -0.466 e. The lowest BCUT2D eigenvalue weighted by atomic mass is 9.97. The van der Waals surface area contributed by atoms with Crippen molar-refractivity contribution in [1.29, 1.82) is 0 Å². The van der Waals surface area contributed by atoms with Gasteiger partial charge >= 0.3 is 5.97 Å². The van der Waals surface area contributed by atoms with Crippen LogP contribution in [0.2, 0.25) is 0 Å². The zero-order valence-corrected chi connectivity index (χ0v) is 16.5. The van der Waals surface area contributed by atoms with Crippen molar-refractivity contribution in [3.05, 3.63) is 17.5 Å². The standard InChI is InChI=1S/C19H32N4O3/c1-5-14(6-2)17-12-16(26-22-17)13-21-19(20-4)23-10-8-15(9-11-23)18(24)25-7-3/h12,14-15H,5-11,13H2,1-4H3,(H,20,21). The van der Waals surface area contributed by atoms with E-state index in [2.05, 4.69) is 34.2 Å². The number of ether oxygens (including phenoxy) is 1. The van der Waals surface area contributed by atoms with Gasteiger partial charge in [0.25, 0.3) is 0 Å². The van der Waals surface area contributed by atoms with E-state index in [0.29, 0.717) is 19.1 Å². The summed E-state index contributed by atoms with van der Waals surface area (Å²) < 4.78 is 10.6. The molecule has 146 valence electrons. The van der Waals surface area contributed by atoms with E-state index in [1.54, 1.807) is 7.05 Å². The Hall–Kier alpha value is -2.05. The van der Waals surface area contributed by atoms with E-state index < -0.39 is 0 Å². The van der Waals surface area contributed by atoms with Gasteiger partial charge in [-0.15, -0.1) is 0 Å². The van der Waals surface area contributed by atoms with E-state index in [-0.39, 0.29) is 11.9 Å². The Morgan fingerprint density at radius 3 is 2.65 bits per heavy atom. The number of esters is 1. The Balaban J connectivity index is 1.84. The molecule has 26 heavy (non-hydrogen) atoms. The number of guanidine groups is 1. The highest BCUT2D eigenvalue weighted by atomic mass is 16.5. The van der Waals surface area contributed by atoms with E-state index in [1.165, 1.54) is 0 Å². The molecule has 0 aliphatic carbocycles. The molecule has 1 aromatic heterocycles. The van der Waals surface area contributed by atoms with Gasteiger partial charge in [-0.2, -0.15) is 0 Å². The number of nitrogens with zero attached hydrogens (tertiary/aromatic N) is 3. The normalized spacial score (nSPS) is 16.2. The fraction of sp³-hybridized carbons (Fsp3) is 0.737. The molecule has 1 aliphatic rings. The average Bonchev–Trinajstić information content (AvgIpc) is 3.13. The number of likely N-dealkylation sites (tertiary alicyclic amines) is 1. The number of hydrogen-bond acceptors (Lipinski definition) is 5. The summed E-state index contributed by atoms with van der Waals surface area (Å²) in [6.07, 6.45) is 3.71. The van der Waals surface area contributed by atoms with Crippen LogP contribution in [0.15, 0.2) is 15.6 Å². The van der Waals surface area contributed by atoms with Crippen LogP contribution in [0.4, 0.5) is 0 Å². The first-order chi connectivity index (χ1) is 12.6. The second-order valence-corrected chi connectivity index (χ2v) is 6.65. The van der Waals surface area contributed by atoms with Crippen LogP contribution in [0.5, 0.6) is 0 Å². The summed E-state index contributed by atoms with van der Waals surface area (Å²) in [5.41, 5.74) is 1.03.